The van der Waals surface area contributed by atoms with Crippen LogP contribution in [0.15, 0.2) is 12.1 Å². The number of nitrogens with zero attached hydrogens (tertiary/aromatic N) is 1. The Morgan fingerprint density at radius 2 is 2.05 bits per heavy atom. The molecule has 2 aromatic rings. The zero-order chi connectivity index (χ0) is 14.2. The fourth-order valence-electron chi connectivity index (χ4n) is 1.64. The van der Waals surface area contributed by atoms with E-state index in [1.54, 1.807) is 12.1 Å². The van der Waals surface area contributed by atoms with Gasteiger partial charge in [0, 0.05) is 8.59 Å². The minimum absolute atomic E-state index is 0.263. The van der Waals surface area contributed by atoms with E-state index in [2.05, 4.69) is 15.5 Å². The Kier molecular flexibility index (Phi) is 4.37. The lowest BCUT2D eigenvalue weighted by Gasteiger charge is -2.08. The third kappa shape index (κ3) is 3.04. The molecule has 1 aromatic heterocycles. The Morgan fingerprint density at radius 3 is 2.63 bits per heavy atom. The van der Waals surface area contributed by atoms with Gasteiger partial charge in [0.2, 0.25) is 0 Å². The van der Waals surface area contributed by atoms with Crippen molar-refractivity contribution >= 4 is 57.4 Å². The van der Waals surface area contributed by atoms with E-state index in [4.69, 9.17) is 23.2 Å². The zero-order valence-corrected chi connectivity index (χ0v) is 13.8. The number of H-pyrrole nitrogens is 1. The van der Waals surface area contributed by atoms with Gasteiger partial charge < -0.3 is 5.32 Å². The largest absolute Gasteiger partial charge is 0.319 e. The van der Waals surface area contributed by atoms with Crippen LogP contribution in [0.1, 0.15) is 21.7 Å². The van der Waals surface area contributed by atoms with E-state index in [0.717, 1.165) is 11.4 Å². The van der Waals surface area contributed by atoms with Crippen molar-refractivity contribution in [2.75, 3.05) is 5.32 Å². The third-order valence-electron chi connectivity index (χ3n) is 2.60. The summed E-state index contributed by atoms with van der Waals surface area (Å²) in [7, 11) is 0. The molecule has 0 fully saturated rings. The third-order valence-corrected chi connectivity index (χ3v) is 4.60. The minimum atomic E-state index is -0.263. The summed E-state index contributed by atoms with van der Waals surface area (Å²) >= 11 is 14.0. The predicted octanol–water partition coefficient (Wildman–Crippen LogP) is 4.19. The molecule has 0 unspecified atom stereocenters. The molecule has 7 heteroatoms. The number of anilines is 1. The number of rotatable bonds is 2. The molecule has 0 saturated heterocycles. The number of carbonyl (C=O) groups is 1. The van der Waals surface area contributed by atoms with Crippen LogP contribution in [0, 0.1) is 17.4 Å². The summed E-state index contributed by atoms with van der Waals surface area (Å²) in [5, 5.41) is 10.5. The number of aromatic nitrogens is 2. The zero-order valence-electron chi connectivity index (χ0n) is 10.1. The number of aromatic amines is 1. The number of aryl methyl sites for hydroxylation is 2. The summed E-state index contributed by atoms with van der Waals surface area (Å²) < 4.78 is 0.667. The summed E-state index contributed by atoms with van der Waals surface area (Å²) in [6.07, 6.45) is 0. The van der Waals surface area contributed by atoms with Gasteiger partial charge in [-0.15, -0.1) is 0 Å². The second kappa shape index (κ2) is 5.68. The summed E-state index contributed by atoms with van der Waals surface area (Å²) in [6.45, 7) is 3.65. The normalized spacial score (nSPS) is 10.6. The van der Waals surface area contributed by atoms with Crippen molar-refractivity contribution in [2.24, 2.45) is 0 Å². The molecule has 0 spiro atoms. The first-order valence-electron chi connectivity index (χ1n) is 5.37. The maximum absolute atomic E-state index is 12.3. The molecule has 2 rings (SSSR count). The highest BCUT2D eigenvalue weighted by atomic mass is 127. The van der Waals surface area contributed by atoms with Crippen LogP contribution in [0.25, 0.3) is 0 Å². The number of hydrogen-bond acceptors (Lipinski definition) is 2. The van der Waals surface area contributed by atoms with Crippen LogP contribution < -0.4 is 5.32 Å². The number of hydrogen-bond donors (Lipinski definition) is 2. The van der Waals surface area contributed by atoms with Crippen LogP contribution in [-0.2, 0) is 0 Å². The van der Waals surface area contributed by atoms with Gasteiger partial charge in [-0.1, -0.05) is 23.2 Å². The van der Waals surface area contributed by atoms with Crippen molar-refractivity contribution in [1.29, 1.82) is 0 Å². The molecule has 0 aliphatic rings. The molecule has 0 bridgehead atoms. The molecule has 0 radical (unpaired) electrons. The maximum Gasteiger partial charge on any atom is 0.256 e. The number of carbonyl (C=O) groups excluding carboxylic acids is 1. The standard InChI is InChI=1S/C12H10Cl2IN3O/c1-5-11(6(2)18-17-5)16-12(19)8-3-7(13)4-9(14)10(8)15/h3-4H,1-2H3,(H,16,19)(H,17,18). The first-order chi connectivity index (χ1) is 8.90. The predicted molar refractivity (Wildman–Crippen MR) is 85.2 cm³/mol. The molecule has 0 aliphatic carbocycles. The van der Waals surface area contributed by atoms with Crippen LogP contribution in [-0.4, -0.2) is 16.1 Å². The van der Waals surface area contributed by atoms with Crippen LogP contribution in [0.5, 0.6) is 0 Å². The van der Waals surface area contributed by atoms with Gasteiger partial charge in [-0.05, 0) is 48.6 Å². The number of nitrogens with one attached hydrogen (secondary N) is 2. The van der Waals surface area contributed by atoms with E-state index >= 15 is 0 Å². The fourth-order valence-corrected chi connectivity index (χ4v) is 2.69. The van der Waals surface area contributed by atoms with E-state index in [1.165, 1.54) is 0 Å². The Labute approximate surface area is 134 Å². The van der Waals surface area contributed by atoms with Crippen LogP contribution in [0.4, 0.5) is 5.69 Å². The molecule has 0 saturated carbocycles. The lowest BCUT2D eigenvalue weighted by Crippen LogP contribution is -2.14. The smallest absolute Gasteiger partial charge is 0.256 e. The Hall–Kier alpha value is -0.790. The van der Waals surface area contributed by atoms with Crippen LogP contribution in [0.2, 0.25) is 10.0 Å². The molecule has 4 nitrogen and oxygen atoms in total. The van der Waals surface area contributed by atoms with Gasteiger partial charge in [-0.2, -0.15) is 5.10 Å². The molecule has 19 heavy (non-hydrogen) atoms. The molecule has 0 aliphatic heterocycles. The first-order valence-corrected chi connectivity index (χ1v) is 7.21. The molecule has 1 aromatic carbocycles. The van der Waals surface area contributed by atoms with Gasteiger partial charge >= 0.3 is 0 Å². The highest BCUT2D eigenvalue weighted by molar-refractivity contribution is 14.1. The summed E-state index contributed by atoms with van der Waals surface area (Å²) in [5.41, 5.74) is 2.65. The van der Waals surface area contributed by atoms with Crippen LogP contribution in [0.3, 0.4) is 0 Å². The van der Waals surface area contributed by atoms with Gasteiger partial charge in [0.15, 0.2) is 0 Å². The highest BCUT2D eigenvalue weighted by Crippen LogP contribution is 2.28. The molecule has 1 amide bonds. The fraction of sp³-hybridized carbons (Fsp3) is 0.167. The van der Waals surface area contributed by atoms with E-state index in [-0.39, 0.29) is 5.91 Å². The molecular weight excluding hydrogens is 400 g/mol. The summed E-state index contributed by atoms with van der Waals surface area (Å²) in [6, 6.07) is 3.20. The highest BCUT2D eigenvalue weighted by Gasteiger charge is 2.16. The summed E-state index contributed by atoms with van der Waals surface area (Å²) in [5.74, 6) is -0.263. The quantitative estimate of drug-likeness (QED) is 0.577. The molecule has 2 N–H and O–H groups in total. The topological polar surface area (TPSA) is 57.8 Å². The van der Waals surface area contributed by atoms with Crippen molar-refractivity contribution in [3.63, 3.8) is 0 Å². The average Bonchev–Trinajstić information content (AvgIpc) is 2.65. The molecule has 100 valence electrons. The van der Waals surface area contributed by atoms with Crippen molar-refractivity contribution in [3.05, 3.63) is 42.7 Å². The SMILES string of the molecule is Cc1n[nH]c(C)c1NC(=O)c1cc(Cl)cc(Cl)c1I. The Morgan fingerprint density at radius 1 is 1.37 bits per heavy atom. The van der Waals surface area contributed by atoms with Gasteiger partial charge in [0.05, 0.1) is 27.7 Å². The monoisotopic (exact) mass is 409 g/mol. The van der Waals surface area contributed by atoms with E-state index in [1.807, 2.05) is 36.4 Å². The lowest BCUT2D eigenvalue weighted by molar-refractivity contribution is 0.102. The average molecular weight is 410 g/mol. The van der Waals surface area contributed by atoms with Crippen molar-refractivity contribution in [3.8, 4) is 0 Å². The van der Waals surface area contributed by atoms with Gasteiger partial charge in [0.25, 0.3) is 5.91 Å². The molecule has 1 heterocycles. The second-order valence-electron chi connectivity index (χ2n) is 4.01. The van der Waals surface area contributed by atoms with Gasteiger partial charge in [-0.3, -0.25) is 9.89 Å². The van der Waals surface area contributed by atoms with Crippen molar-refractivity contribution in [2.45, 2.75) is 13.8 Å². The lowest BCUT2D eigenvalue weighted by atomic mass is 10.2. The van der Waals surface area contributed by atoms with E-state index in [9.17, 15) is 4.79 Å². The first kappa shape index (κ1) is 14.6. The van der Waals surface area contributed by atoms with E-state index < -0.39 is 0 Å². The number of halogens is 3. The second-order valence-corrected chi connectivity index (χ2v) is 5.93. The van der Waals surface area contributed by atoms with Crippen molar-refractivity contribution < 1.29 is 4.79 Å². The Bertz CT molecular complexity index is 635. The van der Waals surface area contributed by atoms with E-state index in [0.29, 0.717) is 24.9 Å². The van der Waals surface area contributed by atoms with Gasteiger partial charge in [-0.25, -0.2) is 0 Å². The number of benzene rings is 1. The molecular formula is C12H10Cl2IN3O. The van der Waals surface area contributed by atoms with Gasteiger partial charge in [0.1, 0.15) is 0 Å². The molecule has 0 atom stereocenters. The maximum atomic E-state index is 12.3. The summed E-state index contributed by atoms with van der Waals surface area (Å²) in [4.78, 5) is 12.3. The Balaban J connectivity index is 2.36. The number of amides is 1. The van der Waals surface area contributed by atoms with Crippen molar-refractivity contribution in [1.82, 2.24) is 10.2 Å². The minimum Gasteiger partial charge on any atom is -0.319 e. The van der Waals surface area contributed by atoms with Crippen LogP contribution >= 0.6 is 45.8 Å².